The Morgan fingerprint density at radius 1 is 1.36 bits per heavy atom. The zero-order chi connectivity index (χ0) is 10.1. The van der Waals surface area contributed by atoms with Gasteiger partial charge in [0.2, 0.25) is 0 Å². The predicted octanol–water partition coefficient (Wildman–Crippen LogP) is 3.02. The summed E-state index contributed by atoms with van der Waals surface area (Å²) in [6, 6.07) is 3.72. The minimum atomic E-state index is 0.679. The maximum atomic E-state index is 5.28. The van der Waals surface area contributed by atoms with Gasteiger partial charge in [0.1, 0.15) is 10.3 Å². The molecular weight excluding hydrogens is 196 g/mol. The number of hydrogen-bond donors (Lipinski definition) is 1. The second-order valence-corrected chi connectivity index (χ2v) is 3.54. The summed E-state index contributed by atoms with van der Waals surface area (Å²) in [4.78, 5) is 0. The number of aromatic nitrogens is 2. The van der Waals surface area contributed by atoms with Crippen LogP contribution in [0.3, 0.4) is 0 Å². The number of nitrogens with zero attached hydrogens (tertiary/aromatic N) is 1. The van der Waals surface area contributed by atoms with Gasteiger partial charge in [-0.25, -0.2) is 0 Å². The summed E-state index contributed by atoms with van der Waals surface area (Å²) >= 11 is 5.08. The predicted molar refractivity (Wildman–Crippen MR) is 56.6 cm³/mol. The van der Waals surface area contributed by atoms with E-state index in [-0.39, 0.29) is 0 Å². The lowest BCUT2D eigenvalue weighted by molar-refractivity contribution is 0.578. The Labute approximate surface area is 86.8 Å². The van der Waals surface area contributed by atoms with E-state index in [4.69, 9.17) is 16.6 Å². The number of aromatic amines is 1. The largest absolute Gasteiger partial charge is 0.463 e. The molecule has 0 aromatic carbocycles. The van der Waals surface area contributed by atoms with Gasteiger partial charge in [-0.2, -0.15) is 5.10 Å². The molecule has 0 aliphatic rings. The van der Waals surface area contributed by atoms with Crippen LogP contribution in [0.5, 0.6) is 0 Å². The van der Waals surface area contributed by atoms with E-state index in [2.05, 4.69) is 10.2 Å². The Hall–Kier alpha value is -1.42. The van der Waals surface area contributed by atoms with Gasteiger partial charge in [0.25, 0.3) is 0 Å². The van der Waals surface area contributed by atoms with Crippen molar-refractivity contribution in [1.82, 2.24) is 10.2 Å². The summed E-state index contributed by atoms with van der Waals surface area (Å²) in [7, 11) is 0. The summed E-state index contributed by atoms with van der Waals surface area (Å²) in [6.45, 7) is 3.96. The Balaban J connectivity index is 2.67. The highest BCUT2D eigenvalue weighted by Gasteiger charge is 2.08. The first kappa shape index (κ1) is 9.15. The molecule has 0 aliphatic carbocycles. The summed E-state index contributed by atoms with van der Waals surface area (Å²) in [5.74, 6) is 0.761. The van der Waals surface area contributed by atoms with Crippen LogP contribution in [0.4, 0.5) is 0 Å². The molecule has 0 radical (unpaired) electrons. The molecule has 0 saturated heterocycles. The Kier molecular flexibility index (Phi) is 2.21. The van der Waals surface area contributed by atoms with Crippen molar-refractivity contribution < 1.29 is 4.42 Å². The topological polar surface area (TPSA) is 41.8 Å². The highest BCUT2D eigenvalue weighted by atomic mass is 32.1. The number of furan rings is 1. The molecule has 4 heteroatoms. The highest BCUT2D eigenvalue weighted by molar-refractivity contribution is 7.71. The van der Waals surface area contributed by atoms with Crippen LogP contribution < -0.4 is 0 Å². The van der Waals surface area contributed by atoms with Crippen molar-refractivity contribution in [3.8, 4) is 11.5 Å². The van der Waals surface area contributed by atoms with Crippen molar-refractivity contribution in [2.75, 3.05) is 0 Å². The van der Waals surface area contributed by atoms with Gasteiger partial charge < -0.3 is 4.42 Å². The lowest BCUT2D eigenvalue weighted by Crippen LogP contribution is -1.95. The average molecular weight is 206 g/mol. The number of H-pyrrole nitrogens is 1. The average Bonchev–Trinajstić information content (AvgIpc) is 2.67. The zero-order valence-electron chi connectivity index (χ0n) is 8.00. The smallest absolute Gasteiger partial charge is 0.154 e. The van der Waals surface area contributed by atoms with Crippen LogP contribution in [0.25, 0.3) is 11.5 Å². The fraction of sp³-hybridized carbons (Fsp3) is 0.200. The highest BCUT2D eigenvalue weighted by Crippen LogP contribution is 2.22. The molecule has 14 heavy (non-hydrogen) atoms. The molecule has 0 fully saturated rings. The van der Waals surface area contributed by atoms with Crippen LogP contribution in [-0.2, 0) is 0 Å². The molecule has 2 aromatic rings. The fourth-order valence-corrected chi connectivity index (χ4v) is 1.47. The van der Waals surface area contributed by atoms with E-state index >= 15 is 0 Å². The lowest BCUT2D eigenvalue weighted by atomic mass is 10.1. The molecular formula is C10H10N2OS. The van der Waals surface area contributed by atoms with Crippen molar-refractivity contribution in [1.29, 1.82) is 0 Å². The summed E-state index contributed by atoms with van der Waals surface area (Å²) < 4.78 is 5.96. The molecule has 2 rings (SSSR count). The first-order chi connectivity index (χ1) is 6.70. The molecule has 0 unspecified atom stereocenters. The summed E-state index contributed by atoms with van der Waals surface area (Å²) in [5.41, 5.74) is 2.92. The van der Waals surface area contributed by atoms with E-state index in [1.165, 1.54) is 0 Å². The normalized spacial score (nSPS) is 10.4. The molecule has 2 heterocycles. The fourth-order valence-electron chi connectivity index (χ4n) is 1.28. The second kappa shape index (κ2) is 3.38. The molecule has 72 valence electrons. The number of hydrogen-bond acceptors (Lipinski definition) is 3. The van der Waals surface area contributed by atoms with Crippen LogP contribution in [0.1, 0.15) is 11.1 Å². The van der Waals surface area contributed by atoms with E-state index < -0.39 is 0 Å². The van der Waals surface area contributed by atoms with E-state index in [1.807, 2.05) is 26.0 Å². The first-order valence-electron chi connectivity index (χ1n) is 4.30. The molecule has 0 atom stereocenters. The Morgan fingerprint density at radius 2 is 2.14 bits per heavy atom. The number of nitrogens with one attached hydrogen (secondary N) is 1. The third-order valence-corrected chi connectivity index (χ3v) is 2.68. The van der Waals surface area contributed by atoms with Gasteiger partial charge in [-0.3, -0.25) is 5.10 Å². The van der Waals surface area contributed by atoms with Crippen molar-refractivity contribution >= 4 is 12.2 Å². The van der Waals surface area contributed by atoms with Crippen LogP contribution in [-0.4, -0.2) is 10.2 Å². The van der Waals surface area contributed by atoms with Crippen molar-refractivity contribution in [3.05, 3.63) is 34.2 Å². The maximum Gasteiger partial charge on any atom is 0.154 e. The second-order valence-electron chi connectivity index (χ2n) is 3.13. The minimum Gasteiger partial charge on any atom is -0.463 e. The summed E-state index contributed by atoms with van der Waals surface area (Å²) in [6.07, 6.45) is 1.63. The van der Waals surface area contributed by atoms with Crippen LogP contribution in [0.2, 0.25) is 0 Å². The Bertz CT molecular complexity index is 499. The molecule has 0 amide bonds. The number of rotatable bonds is 1. The van der Waals surface area contributed by atoms with Gasteiger partial charge in [0.05, 0.1) is 6.26 Å². The molecule has 1 N–H and O–H groups in total. The van der Waals surface area contributed by atoms with Crippen LogP contribution in [0.15, 0.2) is 22.8 Å². The van der Waals surface area contributed by atoms with E-state index in [9.17, 15) is 0 Å². The zero-order valence-corrected chi connectivity index (χ0v) is 8.81. The van der Waals surface area contributed by atoms with Gasteiger partial charge in [-0.15, -0.1) is 0 Å². The van der Waals surface area contributed by atoms with Gasteiger partial charge in [0.15, 0.2) is 5.76 Å². The maximum absolute atomic E-state index is 5.28. The van der Waals surface area contributed by atoms with Crippen LogP contribution >= 0.6 is 12.2 Å². The first-order valence-corrected chi connectivity index (χ1v) is 4.70. The third kappa shape index (κ3) is 1.37. The molecule has 0 spiro atoms. The van der Waals surface area contributed by atoms with Gasteiger partial charge in [-0.1, -0.05) is 12.2 Å². The minimum absolute atomic E-state index is 0.679. The standard InChI is InChI=1S/C10H10N2OS/c1-6-7(2)10(14)12-11-9(6)8-4-3-5-13-8/h3-5H,1-2H3,(H,12,14). The summed E-state index contributed by atoms with van der Waals surface area (Å²) in [5, 5.41) is 6.96. The van der Waals surface area contributed by atoms with Gasteiger partial charge in [0, 0.05) is 0 Å². The third-order valence-electron chi connectivity index (χ3n) is 2.28. The monoisotopic (exact) mass is 206 g/mol. The molecule has 3 nitrogen and oxygen atoms in total. The molecule has 2 aromatic heterocycles. The molecule has 0 aliphatic heterocycles. The van der Waals surface area contributed by atoms with E-state index in [1.54, 1.807) is 6.26 Å². The van der Waals surface area contributed by atoms with Gasteiger partial charge in [-0.05, 0) is 37.1 Å². The lowest BCUT2D eigenvalue weighted by Gasteiger charge is -2.04. The Morgan fingerprint density at radius 3 is 2.79 bits per heavy atom. The quantitative estimate of drug-likeness (QED) is 0.729. The SMILES string of the molecule is Cc1c(-c2ccco2)n[nH]c(=S)c1C. The van der Waals surface area contributed by atoms with E-state index in [0.717, 1.165) is 22.6 Å². The van der Waals surface area contributed by atoms with Gasteiger partial charge >= 0.3 is 0 Å². The van der Waals surface area contributed by atoms with Crippen molar-refractivity contribution in [2.45, 2.75) is 13.8 Å². The molecule has 0 bridgehead atoms. The molecule has 0 saturated carbocycles. The van der Waals surface area contributed by atoms with Crippen LogP contribution in [0, 0.1) is 18.5 Å². The van der Waals surface area contributed by atoms with E-state index in [0.29, 0.717) is 4.64 Å². The van der Waals surface area contributed by atoms with Crippen molar-refractivity contribution in [2.24, 2.45) is 0 Å². The van der Waals surface area contributed by atoms with Crippen molar-refractivity contribution in [3.63, 3.8) is 0 Å².